The molecule has 0 fully saturated rings. The van der Waals surface area contributed by atoms with E-state index in [1.807, 2.05) is 0 Å². The van der Waals surface area contributed by atoms with Gasteiger partial charge in [-0.3, -0.25) is 9.59 Å². The molecule has 0 saturated carbocycles. The molecule has 0 bridgehead atoms. The normalized spacial score (nSPS) is 6.80. The summed E-state index contributed by atoms with van der Waals surface area (Å²) in [5.41, 5.74) is 0. The first-order valence-electron chi connectivity index (χ1n) is 2.06. The quantitative estimate of drug-likeness (QED) is 0.586. The van der Waals surface area contributed by atoms with Gasteiger partial charge in [0.15, 0.2) is 0 Å². The van der Waals surface area contributed by atoms with Gasteiger partial charge in [0.2, 0.25) is 0 Å². The van der Waals surface area contributed by atoms with Gasteiger partial charge in [-0.05, 0) is 0 Å². The number of aliphatic carboxylic acids is 2. The van der Waals surface area contributed by atoms with Gasteiger partial charge in [-0.1, -0.05) is 0 Å². The third kappa shape index (κ3) is 15.8. The number of carboxylic acid groups (broad SMARTS) is 2. The van der Waals surface area contributed by atoms with E-state index in [-0.39, 0.29) is 55.4 Å². The maximum Gasteiger partial charge on any atom is 0.316 e. The summed E-state index contributed by atoms with van der Waals surface area (Å²) >= 11 is 0. The van der Waals surface area contributed by atoms with Crippen LogP contribution in [-0.4, -0.2) is 45.2 Å². The summed E-state index contributed by atoms with van der Waals surface area (Å²) in [4.78, 5) is 19.3. The van der Waals surface area contributed by atoms with Crippen molar-refractivity contribution in [1.29, 1.82) is 0 Å². The van der Waals surface area contributed by atoms with Crippen LogP contribution < -0.4 is 0 Å². The average molecular weight is 210 g/mol. The Hall–Kier alpha value is 0.330. The second-order valence-corrected chi connectivity index (χ2v) is 1.29. The molecule has 0 saturated heterocycles. The number of carbonyl (C=O) groups is 2. The number of hydrogen-bond donors (Lipinski definition) is 2. The molecule has 0 aromatic heterocycles. The van der Waals surface area contributed by atoms with Gasteiger partial charge >= 0.3 is 35.0 Å². The van der Waals surface area contributed by atoms with E-state index in [0.29, 0.717) is 0 Å². The van der Waals surface area contributed by atoms with Crippen molar-refractivity contribution < 1.29 is 39.3 Å². The van der Waals surface area contributed by atoms with E-state index in [1.165, 1.54) is 0 Å². The predicted octanol–water partition coefficient (Wildman–Crippen LogP) is -0.983. The molecular formula is C4H8MgO4Zn. The van der Waals surface area contributed by atoms with Crippen LogP contribution in [0, 0.1) is 0 Å². The molecule has 0 aromatic rings. The zero-order chi connectivity index (χ0) is 6.57. The monoisotopic (exact) mass is 208 g/mol. The number of carboxylic acids is 2. The summed E-state index contributed by atoms with van der Waals surface area (Å²) in [6, 6.07) is 0. The zero-order valence-corrected chi connectivity index (χ0v) is 7.80. The van der Waals surface area contributed by atoms with Crippen LogP contribution in [0.25, 0.3) is 0 Å². The third-order valence-corrected chi connectivity index (χ3v) is 0.553. The van der Waals surface area contributed by atoms with E-state index in [1.54, 1.807) is 0 Å². The minimum atomic E-state index is -1.08. The SMILES string of the molecule is O=C(O)CCC(=O)O.[MgH2].[Zn]. The third-order valence-electron chi connectivity index (χ3n) is 0.553. The van der Waals surface area contributed by atoms with E-state index in [9.17, 15) is 9.59 Å². The Labute approximate surface area is 86.9 Å². The van der Waals surface area contributed by atoms with Crippen molar-refractivity contribution in [2.75, 3.05) is 0 Å². The molecule has 10 heavy (non-hydrogen) atoms. The van der Waals surface area contributed by atoms with Gasteiger partial charge < -0.3 is 10.2 Å². The van der Waals surface area contributed by atoms with E-state index in [2.05, 4.69) is 0 Å². The first-order chi connectivity index (χ1) is 3.63. The molecule has 4 nitrogen and oxygen atoms in total. The molecule has 0 aliphatic heterocycles. The standard InChI is InChI=1S/C4H6O4.Mg.Zn.2H/c5-3(6)1-2-4(7)8;;;;/h1-2H2,(H,5,6)(H,7,8);;;;. The largest absolute Gasteiger partial charge is 0.481 e. The van der Waals surface area contributed by atoms with Crippen LogP contribution in [0.4, 0.5) is 0 Å². The Kier molecular flexibility index (Phi) is 15.6. The molecule has 0 aromatic carbocycles. The van der Waals surface area contributed by atoms with Gasteiger partial charge in [0.1, 0.15) is 0 Å². The Morgan fingerprint density at radius 1 is 1.00 bits per heavy atom. The first-order valence-corrected chi connectivity index (χ1v) is 2.06. The van der Waals surface area contributed by atoms with Gasteiger partial charge in [-0.25, -0.2) is 0 Å². The smallest absolute Gasteiger partial charge is 0.316 e. The van der Waals surface area contributed by atoms with Crippen LogP contribution >= 0.6 is 0 Å². The molecule has 2 N–H and O–H groups in total. The van der Waals surface area contributed by atoms with E-state index in [4.69, 9.17) is 10.2 Å². The Bertz CT molecular complexity index is 102. The van der Waals surface area contributed by atoms with Gasteiger partial charge in [-0.2, -0.15) is 0 Å². The van der Waals surface area contributed by atoms with Gasteiger partial charge in [0.25, 0.3) is 0 Å². The van der Waals surface area contributed by atoms with Crippen molar-refractivity contribution in [3.8, 4) is 0 Å². The molecule has 6 heteroatoms. The summed E-state index contributed by atoms with van der Waals surface area (Å²) in [7, 11) is 0. The predicted molar refractivity (Wildman–Crippen MR) is 33.0 cm³/mol. The van der Waals surface area contributed by atoms with E-state index in [0.717, 1.165) is 0 Å². The molecule has 0 aliphatic carbocycles. The summed E-state index contributed by atoms with van der Waals surface area (Å²) in [5.74, 6) is -2.15. The van der Waals surface area contributed by atoms with Crippen LogP contribution in [0.3, 0.4) is 0 Å². The van der Waals surface area contributed by atoms with Crippen LogP contribution in [-0.2, 0) is 29.1 Å². The zero-order valence-electron chi connectivity index (χ0n) is 4.83. The fraction of sp³-hybridized carbons (Fsp3) is 0.500. The molecular weight excluding hydrogens is 202 g/mol. The second kappa shape index (κ2) is 9.33. The van der Waals surface area contributed by atoms with Crippen LogP contribution in [0.2, 0.25) is 0 Å². The average Bonchev–Trinajstić information content (AvgIpc) is 1.61. The van der Waals surface area contributed by atoms with Crippen molar-refractivity contribution in [2.24, 2.45) is 0 Å². The molecule has 0 unspecified atom stereocenters. The number of rotatable bonds is 3. The maximum absolute atomic E-state index is 9.64. The molecule has 0 amide bonds. The Morgan fingerprint density at radius 3 is 1.30 bits per heavy atom. The molecule has 0 atom stereocenters. The van der Waals surface area contributed by atoms with E-state index < -0.39 is 11.9 Å². The minimum Gasteiger partial charge on any atom is -0.481 e. The van der Waals surface area contributed by atoms with Crippen LogP contribution in [0.1, 0.15) is 12.8 Å². The van der Waals surface area contributed by atoms with Crippen LogP contribution in [0.15, 0.2) is 0 Å². The second-order valence-electron chi connectivity index (χ2n) is 1.29. The van der Waals surface area contributed by atoms with Crippen molar-refractivity contribution in [3.63, 3.8) is 0 Å². The van der Waals surface area contributed by atoms with Crippen molar-refractivity contribution in [2.45, 2.75) is 12.8 Å². The Balaban J connectivity index is -0.000000245. The van der Waals surface area contributed by atoms with Crippen molar-refractivity contribution in [3.05, 3.63) is 0 Å². The van der Waals surface area contributed by atoms with E-state index >= 15 is 0 Å². The van der Waals surface area contributed by atoms with Crippen LogP contribution in [0.5, 0.6) is 0 Å². The summed E-state index contributed by atoms with van der Waals surface area (Å²) in [5, 5.41) is 15.8. The molecule has 0 rings (SSSR count). The topological polar surface area (TPSA) is 74.6 Å². The summed E-state index contributed by atoms with van der Waals surface area (Å²) in [6.45, 7) is 0. The molecule has 0 spiro atoms. The Morgan fingerprint density at radius 2 is 1.20 bits per heavy atom. The van der Waals surface area contributed by atoms with Crippen molar-refractivity contribution in [1.82, 2.24) is 0 Å². The van der Waals surface area contributed by atoms with Gasteiger partial charge in [0.05, 0.1) is 12.8 Å². The van der Waals surface area contributed by atoms with Gasteiger partial charge in [0, 0.05) is 19.5 Å². The summed E-state index contributed by atoms with van der Waals surface area (Å²) < 4.78 is 0. The fourth-order valence-corrected chi connectivity index (χ4v) is 0.214. The molecule has 52 valence electrons. The summed E-state index contributed by atoms with van der Waals surface area (Å²) in [6.07, 6.45) is -0.593. The minimum absolute atomic E-state index is 0. The molecule has 0 aliphatic rings. The maximum atomic E-state index is 9.64. The van der Waals surface area contributed by atoms with Crippen molar-refractivity contribution >= 4 is 35.0 Å². The molecule has 0 radical (unpaired) electrons. The fourth-order valence-electron chi connectivity index (χ4n) is 0.214. The first kappa shape index (κ1) is 16.7. The van der Waals surface area contributed by atoms with Gasteiger partial charge in [-0.15, -0.1) is 0 Å². The number of hydrogen-bond acceptors (Lipinski definition) is 2. The molecule has 0 heterocycles.